The van der Waals surface area contributed by atoms with Crippen molar-refractivity contribution >= 4 is 34.4 Å². The van der Waals surface area contributed by atoms with E-state index in [1.54, 1.807) is 35.3 Å². The highest BCUT2D eigenvalue weighted by Gasteiger charge is 2.27. The maximum absolute atomic E-state index is 14.0. The van der Waals surface area contributed by atoms with Crippen molar-refractivity contribution in [3.8, 4) is 0 Å². The Labute approximate surface area is 182 Å². The number of hydrogen-bond acceptors (Lipinski definition) is 4. The Morgan fingerprint density at radius 2 is 2.10 bits per heavy atom. The van der Waals surface area contributed by atoms with Gasteiger partial charge in [0.05, 0.1) is 12.2 Å². The number of nitrogens with zero attached hydrogens (tertiary/aromatic N) is 5. The van der Waals surface area contributed by atoms with Gasteiger partial charge < -0.3 is 5.32 Å². The van der Waals surface area contributed by atoms with Crippen molar-refractivity contribution in [2.24, 2.45) is 0 Å². The van der Waals surface area contributed by atoms with Gasteiger partial charge in [-0.05, 0) is 49.4 Å². The summed E-state index contributed by atoms with van der Waals surface area (Å²) in [6.07, 6.45) is 5.81. The quantitative estimate of drug-likeness (QED) is 0.487. The number of hydrogen-bond donors (Lipinski definition) is 1. The van der Waals surface area contributed by atoms with Crippen molar-refractivity contribution < 1.29 is 9.18 Å². The minimum absolute atomic E-state index is 0.0253. The second-order valence-corrected chi connectivity index (χ2v) is 8.17. The third-order valence-electron chi connectivity index (χ3n) is 5.44. The summed E-state index contributed by atoms with van der Waals surface area (Å²) < 4.78 is 17.1. The number of aryl methyl sites for hydroxylation is 1. The summed E-state index contributed by atoms with van der Waals surface area (Å²) in [5.41, 5.74) is 3.21. The SMILES string of the molecule is Cc1nn(CC(=O)Nc2ccn(Cc3c(F)cccc3Cl)n2)c2nccc(C3CC3)c12. The van der Waals surface area contributed by atoms with E-state index >= 15 is 0 Å². The molecule has 0 aliphatic heterocycles. The molecule has 0 saturated heterocycles. The molecule has 31 heavy (non-hydrogen) atoms. The van der Waals surface area contributed by atoms with Crippen LogP contribution in [0.1, 0.15) is 35.6 Å². The average molecular weight is 439 g/mol. The Balaban J connectivity index is 1.30. The molecule has 0 unspecified atom stereocenters. The van der Waals surface area contributed by atoms with E-state index in [1.165, 1.54) is 29.2 Å². The lowest BCUT2D eigenvalue weighted by atomic mass is 10.1. The molecule has 5 rings (SSSR count). The second-order valence-electron chi connectivity index (χ2n) is 7.76. The molecule has 3 aromatic heterocycles. The van der Waals surface area contributed by atoms with Crippen LogP contribution in [0.4, 0.5) is 10.2 Å². The maximum Gasteiger partial charge on any atom is 0.247 e. The van der Waals surface area contributed by atoms with Crippen LogP contribution in [-0.2, 0) is 17.9 Å². The molecule has 4 aromatic rings. The summed E-state index contributed by atoms with van der Waals surface area (Å²) in [4.78, 5) is 17.1. The van der Waals surface area contributed by atoms with Crippen LogP contribution in [0.25, 0.3) is 11.0 Å². The van der Waals surface area contributed by atoms with E-state index in [0.717, 1.165) is 16.7 Å². The zero-order valence-corrected chi connectivity index (χ0v) is 17.6. The normalized spacial score (nSPS) is 13.6. The molecule has 1 N–H and O–H groups in total. The Hall–Kier alpha value is -3.26. The lowest BCUT2D eigenvalue weighted by molar-refractivity contribution is -0.116. The molecule has 0 atom stereocenters. The number of halogens is 2. The number of anilines is 1. The Kier molecular flexibility index (Phi) is 4.94. The lowest BCUT2D eigenvalue weighted by Gasteiger charge is -2.06. The molecular weight excluding hydrogens is 419 g/mol. The van der Waals surface area contributed by atoms with Crippen molar-refractivity contribution in [3.63, 3.8) is 0 Å². The number of amides is 1. The fourth-order valence-electron chi connectivity index (χ4n) is 3.83. The van der Waals surface area contributed by atoms with Crippen LogP contribution in [0.5, 0.6) is 0 Å². The first-order chi connectivity index (χ1) is 15.0. The zero-order valence-electron chi connectivity index (χ0n) is 16.8. The monoisotopic (exact) mass is 438 g/mol. The molecule has 9 heteroatoms. The third kappa shape index (κ3) is 3.90. The zero-order chi connectivity index (χ0) is 21.5. The number of aromatic nitrogens is 5. The van der Waals surface area contributed by atoms with Gasteiger partial charge in [-0.15, -0.1) is 0 Å². The first-order valence-electron chi connectivity index (χ1n) is 10.1. The van der Waals surface area contributed by atoms with Crippen molar-refractivity contribution in [2.45, 2.75) is 38.8 Å². The lowest BCUT2D eigenvalue weighted by Crippen LogP contribution is -2.20. The predicted octanol–water partition coefficient (Wildman–Crippen LogP) is 4.29. The summed E-state index contributed by atoms with van der Waals surface area (Å²) in [6.45, 7) is 2.13. The van der Waals surface area contributed by atoms with E-state index in [1.807, 2.05) is 13.0 Å². The Morgan fingerprint density at radius 3 is 2.87 bits per heavy atom. The maximum atomic E-state index is 14.0. The summed E-state index contributed by atoms with van der Waals surface area (Å²) in [5.74, 6) is 0.282. The number of carbonyl (C=O) groups is 1. The molecule has 0 radical (unpaired) electrons. The summed E-state index contributed by atoms with van der Waals surface area (Å²) >= 11 is 6.08. The van der Waals surface area contributed by atoms with Crippen LogP contribution in [0.3, 0.4) is 0 Å². The summed E-state index contributed by atoms with van der Waals surface area (Å²) in [5, 5.41) is 13.0. The molecule has 158 valence electrons. The minimum Gasteiger partial charge on any atom is -0.308 e. The van der Waals surface area contributed by atoms with E-state index in [0.29, 0.717) is 22.3 Å². The molecule has 1 saturated carbocycles. The van der Waals surface area contributed by atoms with Gasteiger partial charge in [0.15, 0.2) is 11.5 Å². The van der Waals surface area contributed by atoms with Crippen LogP contribution >= 0.6 is 11.6 Å². The van der Waals surface area contributed by atoms with Gasteiger partial charge in [-0.3, -0.25) is 9.48 Å². The van der Waals surface area contributed by atoms with E-state index in [-0.39, 0.29) is 19.0 Å². The van der Waals surface area contributed by atoms with Crippen molar-refractivity contribution in [2.75, 3.05) is 5.32 Å². The largest absolute Gasteiger partial charge is 0.308 e. The van der Waals surface area contributed by atoms with Gasteiger partial charge in [0.1, 0.15) is 12.4 Å². The van der Waals surface area contributed by atoms with Gasteiger partial charge in [0, 0.05) is 34.4 Å². The van der Waals surface area contributed by atoms with Gasteiger partial charge in [0.2, 0.25) is 5.91 Å². The number of rotatable bonds is 6. The molecule has 1 aromatic carbocycles. The van der Waals surface area contributed by atoms with E-state index in [2.05, 4.69) is 20.5 Å². The predicted molar refractivity (Wildman–Crippen MR) is 116 cm³/mol. The van der Waals surface area contributed by atoms with Crippen molar-refractivity contribution in [3.05, 3.63) is 70.4 Å². The third-order valence-corrected chi connectivity index (χ3v) is 5.79. The average Bonchev–Trinajstić information content (AvgIpc) is 3.42. The standard InChI is InChI=1S/C22H20ClFN6O/c1-13-21-15(14-5-6-14)7-9-25-22(21)30(27-13)12-20(31)26-19-8-10-29(28-19)11-16-17(23)3-2-4-18(16)24/h2-4,7-10,14H,5-6,11-12H2,1H3,(H,26,28,31). The van der Waals surface area contributed by atoms with E-state index < -0.39 is 5.82 Å². The highest BCUT2D eigenvalue weighted by atomic mass is 35.5. The molecule has 7 nitrogen and oxygen atoms in total. The first kappa shape index (κ1) is 19.7. The van der Waals surface area contributed by atoms with E-state index in [4.69, 9.17) is 11.6 Å². The smallest absolute Gasteiger partial charge is 0.247 e. The number of carbonyl (C=O) groups excluding carboxylic acids is 1. The van der Waals surface area contributed by atoms with Gasteiger partial charge >= 0.3 is 0 Å². The van der Waals surface area contributed by atoms with E-state index in [9.17, 15) is 9.18 Å². The van der Waals surface area contributed by atoms with Gasteiger partial charge in [0.25, 0.3) is 0 Å². The number of benzene rings is 1. The fraction of sp³-hybridized carbons (Fsp3) is 0.273. The molecular formula is C22H20ClFN6O. The molecule has 1 aliphatic carbocycles. The fourth-order valence-corrected chi connectivity index (χ4v) is 4.06. The van der Waals surface area contributed by atoms with Crippen molar-refractivity contribution in [1.82, 2.24) is 24.5 Å². The Morgan fingerprint density at radius 1 is 1.26 bits per heavy atom. The molecule has 1 amide bonds. The molecule has 0 spiro atoms. The molecule has 3 heterocycles. The van der Waals surface area contributed by atoms with Gasteiger partial charge in [-0.25, -0.2) is 14.1 Å². The summed E-state index contributed by atoms with van der Waals surface area (Å²) in [7, 11) is 0. The van der Waals surface area contributed by atoms with Crippen LogP contribution in [0.15, 0.2) is 42.7 Å². The highest BCUT2D eigenvalue weighted by molar-refractivity contribution is 6.31. The van der Waals surface area contributed by atoms with Crippen LogP contribution < -0.4 is 5.32 Å². The van der Waals surface area contributed by atoms with Crippen LogP contribution in [-0.4, -0.2) is 30.5 Å². The molecule has 1 aliphatic rings. The van der Waals surface area contributed by atoms with Crippen LogP contribution in [0, 0.1) is 12.7 Å². The van der Waals surface area contributed by atoms with Crippen molar-refractivity contribution in [1.29, 1.82) is 0 Å². The van der Waals surface area contributed by atoms with Crippen LogP contribution in [0.2, 0.25) is 5.02 Å². The van der Waals surface area contributed by atoms with Gasteiger partial charge in [-0.2, -0.15) is 10.2 Å². The number of nitrogens with one attached hydrogen (secondary N) is 1. The topological polar surface area (TPSA) is 77.6 Å². The second kappa shape index (κ2) is 7.77. The van der Waals surface area contributed by atoms with Gasteiger partial charge in [-0.1, -0.05) is 17.7 Å². The highest BCUT2D eigenvalue weighted by Crippen LogP contribution is 2.43. The Bertz CT molecular complexity index is 1270. The molecule has 1 fully saturated rings. The number of fused-ring (bicyclic) bond motifs is 1. The summed E-state index contributed by atoms with van der Waals surface area (Å²) in [6, 6.07) is 8.24. The number of pyridine rings is 1. The first-order valence-corrected chi connectivity index (χ1v) is 10.5. The minimum atomic E-state index is -0.396. The molecule has 0 bridgehead atoms.